The van der Waals surface area contributed by atoms with Gasteiger partial charge >= 0.3 is 0 Å². The molecular weight excluding hydrogens is 597 g/mol. The fraction of sp³-hybridized carbons (Fsp3) is 0.717. The van der Waals surface area contributed by atoms with E-state index >= 15 is 0 Å². The lowest BCUT2D eigenvalue weighted by Crippen LogP contribution is -2.61. The van der Waals surface area contributed by atoms with E-state index in [1.54, 1.807) is 0 Å². The molecule has 1 spiro atoms. The fourth-order valence-electron chi connectivity index (χ4n) is 8.47. The minimum atomic E-state index is -0.595. The van der Waals surface area contributed by atoms with Crippen molar-refractivity contribution in [2.24, 2.45) is 4.99 Å². The molecule has 2 aromatic rings. The standard InChI is InChI=1S/C20H22N2O.C20H40.C6H12/c1-13-10-11-16-18(14(13)2)23-20(12-21-16)19(3,4)15-8-6-7-9-17(15)22(20)5;1-2-4-6-8-10-12-14-16-18-20-19-17-15-13-11-9-7-5-3-1;1-2-4-6-5-3-1/h6-12H,1-5H3;1-20H2;1-6H2. The molecule has 2 aromatic carbocycles. The van der Waals surface area contributed by atoms with Gasteiger partial charge in [-0.3, -0.25) is 4.99 Å². The zero-order valence-electron chi connectivity index (χ0n) is 32.7. The molecule has 0 N–H and O–H groups in total. The molecule has 2 fully saturated rings. The molecule has 3 nitrogen and oxygen atoms in total. The summed E-state index contributed by atoms with van der Waals surface area (Å²) in [5.41, 5.74) is 5.02. The summed E-state index contributed by atoms with van der Waals surface area (Å²) in [6, 6.07) is 12.7. The number of aliphatic imine (C=N–C) groups is 1. The number of hydrogen-bond donors (Lipinski definition) is 0. The summed E-state index contributed by atoms with van der Waals surface area (Å²) in [5, 5.41) is 0. The summed E-state index contributed by atoms with van der Waals surface area (Å²) < 4.78 is 6.68. The van der Waals surface area contributed by atoms with E-state index in [2.05, 4.69) is 70.0 Å². The number of likely N-dealkylation sites (N-methyl/N-ethyl adjacent to an activating group) is 1. The number of rotatable bonds is 0. The highest BCUT2D eigenvalue weighted by Gasteiger charge is 2.58. The average molecular weight is 671 g/mol. The molecule has 1 atom stereocenters. The summed E-state index contributed by atoms with van der Waals surface area (Å²) in [5.74, 6) is 0.903. The third-order valence-electron chi connectivity index (χ3n) is 12.1. The Bertz CT molecular complexity index is 1150. The highest BCUT2D eigenvalue weighted by Crippen LogP contribution is 2.53. The van der Waals surface area contributed by atoms with Crippen LogP contribution in [0, 0.1) is 13.8 Å². The van der Waals surface area contributed by atoms with Crippen molar-refractivity contribution in [2.45, 2.75) is 206 Å². The Hall–Kier alpha value is -2.29. The van der Waals surface area contributed by atoms with Gasteiger partial charge in [0.2, 0.25) is 5.72 Å². The Kier molecular flexibility index (Phi) is 17.1. The number of fused-ring (bicyclic) bond motifs is 2. The third kappa shape index (κ3) is 11.4. The van der Waals surface area contributed by atoms with Gasteiger partial charge in [0.1, 0.15) is 5.69 Å². The second kappa shape index (κ2) is 21.2. The molecule has 2 heterocycles. The summed E-state index contributed by atoms with van der Waals surface area (Å²) in [6.45, 7) is 8.69. The van der Waals surface area contributed by atoms with Crippen molar-refractivity contribution in [3.63, 3.8) is 0 Å². The number of hydrogen-bond acceptors (Lipinski definition) is 3. The number of nitrogens with zero attached hydrogens (tertiary/aromatic N) is 2. The van der Waals surface area contributed by atoms with Crippen molar-refractivity contribution in [1.29, 1.82) is 0 Å². The quantitative estimate of drug-likeness (QED) is 0.279. The van der Waals surface area contributed by atoms with Crippen LogP contribution >= 0.6 is 0 Å². The van der Waals surface area contributed by atoms with Gasteiger partial charge in [0.05, 0.1) is 11.6 Å². The minimum Gasteiger partial charge on any atom is -0.459 e. The highest BCUT2D eigenvalue weighted by atomic mass is 16.5. The van der Waals surface area contributed by atoms with Gasteiger partial charge < -0.3 is 9.64 Å². The van der Waals surface area contributed by atoms with E-state index in [4.69, 9.17) is 9.73 Å². The Labute approximate surface area is 303 Å². The number of para-hydroxylation sites is 1. The molecular formula is C46H74N2O. The van der Waals surface area contributed by atoms with Crippen molar-refractivity contribution in [2.75, 3.05) is 11.9 Å². The van der Waals surface area contributed by atoms with Gasteiger partial charge in [0.25, 0.3) is 0 Å². The molecule has 0 radical (unpaired) electrons. The Morgan fingerprint density at radius 2 is 0.898 bits per heavy atom. The van der Waals surface area contributed by atoms with Gasteiger partial charge in [-0.1, -0.05) is 191 Å². The second-order valence-electron chi connectivity index (χ2n) is 16.3. The lowest BCUT2D eigenvalue weighted by atomic mass is 9.77. The molecule has 0 aromatic heterocycles. The van der Waals surface area contributed by atoms with E-state index in [1.807, 2.05) is 12.3 Å². The first kappa shape index (κ1) is 39.5. The first-order valence-corrected chi connectivity index (χ1v) is 21.1. The molecule has 2 aliphatic heterocycles. The van der Waals surface area contributed by atoms with Crippen LogP contribution < -0.4 is 9.64 Å². The SMILES string of the molecule is C1CCCCC1.C1CCCCCCCCCCCCCCCCCCC1.Cc1ccc2c(c1C)OC1(C=N2)N(C)c2ccccc2C1(C)C. The van der Waals surface area contributed by atoms with E-state index in [9.17, 15) is 0 Å². The first-order valence-electron chi connectivity index (χ1n) is 21.1. The van der Waals surface area contributed by atoms with E-state index in [-0.39, 0.29) is 5.41 Å². The van der Waals surface area contributed by atoms with E-state index in [1.165, 1.54) is 189 Å². The topological polar surface area (TPSA) is 24.8 Å². The van der Waals surface area contributed by atoms with Gasteiger partial charge in [-0.25, -0.2) is 0 Å². The molecule has 49 heavy (non-hydrogen) atoms. The maximum atomic E-state index is 6.68. The van der Waals surface area contributed by atoms with Crippen LogP contribution in [0.4, 0.5) is 11.4 Å². The van der Waals surface area contributed by atoms with Crippen LogP contribution in [0.2, 0.25) is 0 Å². The summed E-state index contributed by atoms with van der Waals surface area (Å²) >= 11 is 0. The van der Waals surface area contributed by atoms with E-state index in [0.29, 0.717) is 0 Å². The minimum absolute atomic E-state index is 0.199. The predicted octanol–water partition coefficient (Wildman–Crippen LogP) is 14.7. The molecule has 4 aliphatic rings. The monoisotopic (exact) mass is 671 g/mol. The predicted molar refractivity (Wildman–Crippen MR) is 215 cm³/mol. The van der Waals surface area contributed by atoms with Gasteiger partial charge in [0, 0.05) is 12.7 Å². The Morgan fingerprint density at radius 3 is 1.27 bits per heavy atom. The number of benzene rings is 2. The maximum absolute atomic E-state index is 6.68. The molecule has 2 saturated carbocycles. The van der Waals surface area contributed by atoms with E-state index < -0.39 is 5.72 Å². The molecule has 0 saturated heterocycles. The maximum Gasteiger partial charge on any atom is 0.228 e. The number of aryl methyl sites for hydroxylation is 1. The summed E-state index contributed by atoms with van der Waals surface area (Å²) in [7, 11) is 2.09. The summed E-state index contributed by atoms with van der Waals surface area (Å²) in [6.07, 6.45) is 41.0. The smallest absolute Gasteiger partial charge is 0.228 e. The van der Waals surface area contributed by atoms with Crippen LogP contribution in [0.1, 0.15) is 197 Å². The van der Waals surface area contributed by atoms with Crippen molar-refractivity contribution in [1.82, 2.24) is 0 Å². The van der Waals surface area contributed by atoms with Crippen LogP contribution in [-0.2, 0) is 5.41 Å². The van der Waals surface area contributed by atoms with Crippen LogP contribution in [0.15, 0.2) is 41.4 Å². The third-order valence-corrected chi connectivity index (χ3v) is 12.1. The van der Waals surface area contributed by atoms with Crippen LogP contribution in [0.5, 0.6) is 5.75 Å². The molecule has 0 bridgehead atoms. The van der Waals surface area contributed by atoms with Crippen LogP contribution in [-0.4, -0.2) is 19.0 Å². The van der Waals surface area contributed by atoms with Gasteiger partial charge in [0.15, 0.2) is 5.75 Å². The first-order chi connectivity index (χ1) is 23.9. The molecule has 0 amide bonds. The van der Waals surface area contributed by atoms with Crippen molar-refractivity contribution in [3.05, 3.63) is 53.1 Å². The Balaban J connectivity index is 0.000000190. The lowest BCUT2D eigenvalue weighted by molar-refractivity contribution is 0.0816. The van der Waals surface area contributed by atoms with Crippen LogP contribution in [0.25, 0.3) is 0 Å². The van der Waals surface area contributed by atoms with Crippen molar-refractivity contribution < 1.29 is 4.74 Å². The zero-order chi connectivity index (χ0) is 34.8. The zero-order valence-corrected chi connectivity index (χ0v) is 32.7. The largest absolute Gasteiger partial charge is 0.459 e. The van der Waals surface area contributed by atoms with Gasteiger partial charge in [-0.2, -0.15) is 0 Å². The number of ether oxygens (including phenoxy) is 1. The van der Waals surface area contributed by atoms with E-state index in [0.717, 1.165) is 11.4 Å². The molecule has 1 unspecified atom stereocenters. The van der Waals surface area contributed by atoms with Gasteiger partial charge in [-0.15, -0.1) is 0 Å². The Morgan fingerprint density at radius 1 is 0.531 bits per heavy atom. The van der Waals surface area contributed by atoms with Gasteiger partial charge in [-0.05, 0) is 56.5 Å². The normalized spacial score (nSPS) is 23.8. The molecule has 6 rings (SSSR count). The molecule has 274 valence electrons. The second-order valence-corrected chi connectivity index (χ2v) is 16.3. The highest BCUT2D eigenvalue weighted by molar-refractivity contribution is 5.88. The fourth-order valence-corrected chi connectivity index (χ4v) is 8.47. The lowest BCUT2D eigenvalue weighted by Gasteiger charge is -2.45. The van der Waals surface area contributed by atoms with Crippen molar-refractivity contribution in [3.8, 4) is 5.75 Å². The number of anilines is 1. The van der Waals surface area contributed by atoms with Crippen molar-refractivity contribution >= 4 is 17.6 Å². The van der Waals surface area contributed by atoms with Crippen LogP contribution in [0.3, 0.4) is 0 Å². The molecule has 3 heteroatoms. The summed E-state index contributed by atoms with van der Waals surface area (Å²) in [4.78, 5) is 6.99. The molecule has 2 aliphatic carbocycles. The average Bonchev–Trinajstić information content (AvgIpc) is 3.28.